The van der Waals surface area contributed by atoms with Gasteiger partial charge in [0.1, 0.15) is 5.75 Å². The van der Waals surface area contributed by atoms with E-state index in [1.165, 1.54) is 0 Å². The molecule has 0 aliphatic heterocycles. The number of hydrogen-bond donors (Lipinski definition) is 1. The Bertz CT molecular complexity index is 561. The molecule has 0 amide bonds. The molecule has 0 atom stereocenters. The molecule has 0 saturated carbocycles. The molecule has 0 unspecified atom stereocenters. The lowest BCUT2D eigenvalue weighted by Gasteiger charge is -2.20. The second-order valence-electron chi connectivity index (χ2n) is 5.64. The van der Waals surface area contributed by atoms with Crippen LogP contribution in [0.1, 0.15) is 26.3 Å². The number of nitrogens with zero attached hydrogens (tertiary/aromatic N) is 1. The van der Waals surface area contributed by atoms with Crippen LogP contribution in [-0.2, 0) is 6.54 Å². The summed E-state index contributed by atoms with van der Waals surface area (Å²) in [6.45, 7) is 7.23. The van der Waals surface area contributed by atoms with Gasteiger partial charge in [-0.1, -0.05) is 18.2 Å². The van der Waals surface area contributed by atoms with Crippen molar-refractivity contribution in [3.63, 3.8) is 0 Å². The van der Waals surface area contributed by atoms with E-state index in [1.54, 1.807) is 0 Å². The molecule has 2 rings (SSSR count). The molecule has 1 N–H and O–H groups in total. The van der Waals surface area contributed by atoms with E-state index in [4.69, 9.17) is 4.74 Å². The summed E-state index contributed by atoms with van der Waals surface area (Å²) in [6, 6.07) is 11.6. The van der Waals surface area contributed by atoms with Gasteiger partial charge < -0.3 is 10.1 Å². The number of hydrogen-bond acceptors (Lipinski definition) is 3. The fourth-order valence-electron chi connectivity index (χ4n) is 1.58. The molecule has 1 aromatic carbocycles. The van der Waals surface area contributed by atoms with Crippen molar-refractivity contribution in [3.8, 4) is 11.6 Å². The lowest BCUT2D eigenvalue weighted by atomic mass is 10.1. The van der Waals surface area contributed by atoms with E-state index in [-0.39, 0.29) is 5.54 Å². The van der Waals surface area contributed by atoms with Crippen molar-refractivity contribution >= 4 is 15.9 Å². The van der Waals surface area contributed by atoms with Crippen LogP contribution in [0.15, 0.2) is 47.1 Å². The van der Waals surface area contributed by atoms with E-state index in [0.717, 1.165) is 22.3 Å². The third-order valence-corrected chi connectivity index (χ3v) is 3.33. The quantitative estimate of drug-likeness (QED) is 0.892. The first-order valence-corrected chi connectivity index (χ1v) is 7.36. The van der Waals surface area contributed by atoms with Crippen LogP contribution in [0, 0.1) is 0 Å². The maximum atomic E-state index is 5.73. The van der Waals surface area contributed by atoms with Crippen LogP contribution >= 0.6 is 15.9 Å². The van der Waals surface area contributed by atoms with E-state index >= 15 is 0 Å². The van der Waals surface area contributed by atoms with E-state index in [1.807, 2.05) is 42.6 Å². The summed E-state index contributed by atoms with van der Waals surface area (Å²) in [5.41, 5.74) is 1.24. The van der Waals surface area contributed by atoms with Gasteiger partial charge in [0.05, 0.1) is 4.47 Å². The summed E-state index contributed by atoms with van der Waals surface area (Å²) in [4.78, 5) is 4.33. The lowest BCUT2D eigenvalue weighted by Crippen LogP contribution is -2.35. The number of aromatic nitrogens is 1. The van der Waals surface area contributed by atoms with Crippen LogP contribution in [0.4, 0.5) is 0 Å². The van der Waals surface area contributed by atoms with Gasteiger partial charge in [-0.05, 0) is 54.4 Å². The molecule has 20 heavy (non-hydrogen) atoms. The molecule has 2 aromatic rings. The number of halogens is 1. The number of benzene rings is 1. The monoisotopic (exact) mass is 334 g/mol. The molecule has 0 bridgehead atoms. The van der Waals surface area contributed by atoms with Crippen LogP contribution in [0.5, 0.6) is 11.6 Å². The fourth-order valence-corrected chi connectivity index (χ4v) is 1.95. The highest BCUT2D eigenvalue weighted by Crippen LogP contribution is 2.28. The van der Waals surface area contributed by atoms with Crippen LogP contribution in [0.3, 0.4) is 0 Å². The number of rotatable bonds is 4. The van der Waals surface area contributed by atoms with Gasteiger partial charge in [-0.25, -0.2) is 4.98 Å². The van der Waals surface area contributed by atoms with Crippen LogP contribution in [0.25, 0.3) is 0 Å². The Labute approximate surface area is 128 Å². The maximum absolute atomic E-state index is 5.73. The molecule has 0 radical (unpaired) electrons. The molecule has 1 aromatic heterocycles. The van der Waals surface area contributed by atoms with Gasteiger partial charge >= 0.3 is 0 Å². The standard InChI is InChI=1S/C16H19BrN2O/c1-16(2,3)19-11-12-8-9-15(18-10-12)20-14-7-5-4-6-13(14)17/h4-10,19H,11H2,1-3H3. The first-order chi connectivity index (χ1) is 9.44. The van der Waals surface area contributed by atoms with Gasteiger partial charge in [0.2, 0.25) is 5.88 Å². The minimum atomic E-state index is 0.101. The smallest absolute Gasteiger partial charge is 0.219 e. The summed E-state index contributed by atoms with van der Waals surface area (Å²) in [7, 11) is 0. The second kappa shape index (κ2) is 6.37. The number of pyridine rings is 1. The summed E-state index contributed by atoms with van der Waals surface area (Å²) >= 11 is 3.45. The molecule has 0 spiro atoms. The van der Waals surface area contributed by atoms with E-state index < -0.39 is 0 Å². The van der Waals surface area contributed by atoms with Gasteiger partial charge in [-0.3, -0.25) is 0 Å². The second-order valence-corrected chi connectivity index (χ2v) is 6.50. The number of ether oxygens (including phenoxy) is 1. The predicted octanol–water partition coefficient (Wildman–Crippen LogP) is 4.52. The van der Waals surface area contributed by atoms with Gasteiger partial charge in [-0.2, -0.15) is 0 Å². The fraction of sp³-hybridized carbons (Fsp3) is 0.312. The Hall–Kier alpha value is -1.39. The highest BCUT2D eigenvalue weighted by atomic mass is 79.9. The Morgan fingerprint density at radius 2 is 1.90 bits per heavy atom. The molecule has 0 saturated heterocycles. The summed E-state index contributed by atoms with van der Waals surface area (Å²) in [6.07, 6.45) is 1.84. The average molecular weight is 335 g/mol. The van der Waals surface area contributed by atoms with Crippen LogP contribution < -0.4 is 10.1 Å². The summed E-state index contributed by atoms with van der Waals surface area (Å²) in [5.74, 6) is 1.36. The van der Waals surface area contributed by atoms with E-state index in [0.29, 0.717) is 5.88 Å². The zero-order valence-electron chi connectivity index (χ0n) is 12.0. The zero-order valence-corrected chi connectivity index (χ0v) is 13.6. The third-order valence-electron chi connectivity index (χ3n) is 2.67. The molecular formula is C16H19BrN2O. The third kappa shape index (κ3) is 4.62. The normalized spacial score (nSPS) is 11.4. The topological polar surface area (TPSA) is 34.1 Å². The van der Waals surface area contributed by atoms with Crippen molar-refractivity contribution in [2.24, 2.45) is 0 Å². The molecule has 1 heterocycles. The molecule has 0 aliphatic rings. The highest BCUT2D eigenvalue weighted by Gasteiger charge is 2.08. The van der Waals surface area contributed by atoms with Crippen molar-refractivity contribution in [3.05, 3.63) is 52.6 Å². The summed E-state index contributed by atoms with van der Waals surface area (Å²) in [5, 5.41) is 3.43. The maximum Gasteiger partial charge on any atom is 0.219 e. The Kier molecular flexibility index (Phi) is 4.78. The Morgan fingerprint density at radius 1 is 1.15 bits per heavy atom. The molecule has 0 fully saturated rings. The van der Waals surface area contributed by atoms with Crippen molar-refractivity contribution in [2.75, 3.05) is 0 Å². The molecule has 4 heteroatoms. The van der Waals surface area contributed by atoms with Gasteiger partial charge in [-0.15, -0.1) is 0 Å². The first kappa shape index (κ1) is 15.0. The van der Waals surface area contributed by atoms with Crippen molar-refractivity contribution < 1.29 is 4.74 Å². The van der Waals surface area contributed by atoms with Gasteiger partial charge in [0, 0.05) is 24.3 Å². The van der Waals surface area contributed by atoms with Crippen LogP contribution in [0.2, 0.25) is 0 Å². The largest absolute Gasteiger partial charge is 0.438 e. The lowest BCUT2D eigenvalue weighted by molar-refractivity contribution is 0.423. The molecule has 3 nitrogen and oxygen atoms in total. The number of para-hydroxylation sites is 1. The van der Waals surface area contributed by atoms with Crippen molar-refractivity contribution in [1.82, 2.24) is 10.3 Å². The minimum absolute atomic E-state index is 0.101. The molecule has 106 valence electrons. The average Bonchev–Trinajstić information content (AvgIpc) is 2.40. The Balaban J connectivity index is 2.00. The van der Waals surface area contributed by atoms with Crippen molar-refractivity contribution in [2.45, 2.75) is 32.9 Å². The zero-order chi connectivity index (χ0) is 14.6. The number of nitrogens with one attached hydrogen (secondary N) is 1. The summed E-state index contributed by atoms with van der Waals surface area (Å²) < 4.78 is 6.65. The van der Waals surface area contributed by atoms with Gasteiger partial charge in [0.25, 0.3) is 0 Å². The van der Waals surface area contributed by atoms with E-state index in [2.05, 4.69) is 47.0 Å². The minimum Gasteiger partial charge on any atom is -0.438 e. The molecular weight excluding hydrogens is 316 g/mol. The highest BCUT2D eigenvalue weighted by molar-refractivity contribution is 9.10. The predicted molar refractivity (Wildman–Crippen MR) is 85.0 cm³/mol. The van der Waals surface area contributed by atoms with E-state index in [9.17, 15) is 0 Å². The first-order valence-electron chi connectivity index (χ1n) is 6.56. The molecule has 0 aliphatic carbocycles. The Morgan fingerprint density at radius 3 is 2.50 bits per heavy atom. The van der Waals surface area contributed by atoms with Crippen molar-refractivity contribution in [1.29, 1.82) is 0 Å². The SMILES string of the molecule is CC(C)(C)NCc1ccc(Oc2ccccc2Br)nc1. The van der Waals surface area contributed by atoms with Gasteiger partial charge in [0.15, 0.2) is 0 Å². The van der Waals surface area contributed by atoms with Crippen LogP contribution in [-0.4, -0.2) is 10.5 Å².